The lowest BCUT2D eigenvalue weighted by Gasteiger charge is -2.22. The Kier molecular flexibility index (Phi) is 4.37. The first kappa shape index (κ1) is 13.8. The van der Waals surface area contributed by atoms with Crippen molar-refractivity contribution in [1.29, 1.82) is 0 Å². The molecule has 5 nitrogen and oxygen atoms in total. The summed E-state index contributed by atoms with van der Waals surface area (Å²) < 4.78 is 4.73. The zero-order chi connectivity index (χ0) is 13.8. The Morgan fingerprint density at radius 3 is 3.05 bits per heavy atom. The number of aromatic nitrogens is 1. The fraction of sp³-hybridized carbons (Fsp3) is 0.571. The number of anilines is 1. The molecule has 1 atom stereocenters. The number of hydrogen-bond acceptors (Lipinski definition) is 5. The van der Waals surface area contributed by atoms with Crippen LogP contribution in [0, 0.1) is 5.92 Å². The SMILES string of the molecule is COC(=O)c1ccnc(N(C)CC2CCN(C)C2)c1. The maximum Gasteiger partial charge on any atom is 0.338 e. The molecular formula is C14H21N3O2. The quantitative estimate of drug-likeness (QED) is 0.765. The smallest absolute Gasteiger partial charge is 0.338 e. The fourth-order valence-electron chi connectivity index (χ4n) is 2.53. The molecule has 19 heavy (non-hydrogen) atoms. The zero-order valence-electron chi connectivity index (χ0n) is 11.8. The second kappa shape index (κ2) is 6.02. The normalized spacial score (nSPS) is 19.4. The fourth-order valence-corrected chi connectivity index (χ4v) is 2.53. The summed E-state index contributed by atoms with van der Waals surface area (Å²) in [5.74, 6) is 1.16. The van der Waals surface area contributed by atoms with Crippen LogP contribution in [0.3, 0.4) is 0 Å². The summed E-state index contributed by atoms with van der Waals surface area (Å²) in [6.07, 6.45) is 2.87. The van der Waals surface area contributed by atoms with Gasteiger partial charge >= 0.3 is 5.97 Å². The first-order valence-corrected chi connectivity index (χ1v) is 6.54. The van der Waals surface area contributed by atoms with Crippen LogP contribution in [0.4, 0.5) is 5.82 Å². The van der Waals surface area contributed by atoms with Gasteiger partial charge in [-0.05, 0) is 38.1 Å². The summed E-state index contributed by atoms with van der Waals surface area (Å²) in [4.78, 5) is 20.3. The third kappa shape index (κ3) is 3.44. The first-order valence-electron chi connectivity index (χ1n) is 6.54. The van der Waals surface area contributed by atoms with Gasteiger partial charge in [-0.15, -0.1) is 0 Å². The van der Waals surface area contributed by atoms with Crippen molar-refractivity contribution in [2.24, 2.45) is 5.92 Å². The number of likely N-dealkylation sites (tertiary alicyclic amines) is 1. The van der Waals surface area contributed by atoms with Crippen LogP contribution < -0.4 is 4.90 Å². The molecule has 0 spiro atoms. The van der Waals surface area contributed by atoms with Crippen molar-refractivity contribution in [3.63, 3.8) is 0 Å². The molecule has 0 bridgehead atoms. The van der Waals surface area contributed by atoms with Crippen LogP contribution in [-0.4, -0.2) is 56.7 Å². The molecule has 5 heteroatoms. The molecule has 104 valence electrons. The predicted octanol–water partition coefficient (Wildman–Crippen LogP) is 1.26. The second-order valence-electron chi connectivity index (χ2n) is 5.19. The largest absolute Gasteiger partial charge is 0.465 e. The lowest BCUT2D eigenvalue weighted by atomic mass is 10.1. The molecule has 1 unspecified atom stereocenters. The van der Waals surface area contributed by atoms with E-state index in [0.717, 1.165) is 25.5 Å². The number of pyridine rings is 1. The minimum Gasteiger partial charge on any atom is -0.465 e. The van der Waals surface area contributed by atoms with E-state index >= 15 is 0 Å². The monoisotopic (exact) mass is 263 g/mol. The number of nitrogens with zero attached hydrogens (tertiary/aromatic N) is 3. The Hall–Kier alpha value is -1.62. The van der Waals surface area contributed by atoms with Gasteiger partial charge in [0.05, 0.1) is 12.7 Å². The van der Waals surface area contributed by atoms with Gasteiger partial charge in [0.1, 0.15) is 5.82 Å². The summed E-state index contributed by atoms with van der Waals surface area (Å²) in [6, 6.07) is 3.46. The van der Waals surface area contributed by atoms with Crippen LogP contribution in [0.2, 0.25) is 0 Å². The number of rotatable bonds is 4. The van der Waals surface area contributed by atoms with Gasteiger partial charge in [0.25, 0.3) is 0 Å². The van der Waals surface area contributed by atoms with E-state index < -0.39 is 0 Å². The van der Waals surface area contributed by atoms with Gasteiger partial charge in [-0.25, -0.2) is 9.78 Å². The van der Waals surface area contributed by atoms with Crippen LogP contribution in [0.25, 0.3) is 0 Å². The average molecular weight is 263 g/mol. The first-order chi connectivity index (χ1) is 9.10. The van der Waals surface area contributed by atoms with Crippen molar-refractivity contribution in [2.45, 2.75) is 6.42 Å². The molecule has 1 aromatic rings. The number of hydrogen-bond donors (Lipinski definition) is 0. The molecule has 1 fully saturated rings. The summed E-state index contributed by atoms with van der Waals surface area (Å²) in [7, 11) is 5.55. The lowest BCUT2D eigenvalue weighted by Crippen LogP contribution is -2.28. The molecule has 2 rings (SSSR count). The second-order valence-corrected chi connectivity index (χ2v) is 5.19. The summed E-state index contributed by atoms with van der Waals surface area (Å²) >= 11 is 0. The number of ether oxygens (including phenoxy) is 1. The molecule has 1 aliphatic heterocycles. The molecule has 0 aromatic carbocycles. The third-order valence-electron chi connectivity index (χ3n) is 3.58. The Morgan fingerprint density at radius 2 is 2.42 bits per heavy atom. The summed E-state index contributed by atoms with van der Waals surface area (Å²) in [5.41, 5.74) is 0.544. The van der Waals surface area contributed by atoms with Crippen molar-refractivity contribution in [1.82, 2.24) is 9.88 Å². The van der Waals surface area contributed by atoms with E-state index in [9.17, 15) is 4.79 Å². The van der Waals surface area contributed by atoms with E-state index in [1.165, 1.54) is 13.5 Å². The molecule has 1 aromatic heterocycles. The molecule has 1 aliphatic rings. The predicted molar refractivity (Wildman–Crippen MR) is 74.5 cm³/mol. The topological polar surface area (TPSA) is 45.7 Å². The van der Waals surface area contributed by atoms with Crippen LogP contribution >= 0.6 is 0 Å². The minimum absolute atomic E-state index is 0.322. The molecule has 1 saturated heterocycles. The average Bonchev–Trinajstić information content (AvgIpc) is 2.83. The molecule has 0 amide bonds. The molecule has 0 saturated carbocycles. The van der Waals surface area contributed by atoms with Gasteiger partial charge in [0, 0.05) is 26.3 Å². The summed E-state index contributed by atoms with van der Waals surface area (Å²) in [5, 5.41) is 0. The van der Waals surface area contributed by atoms with E-state index in [4.69, 9.17) is 4.74 Å². The summed E-state index contributed by atoms with van der Waals surface area (Å²) in [6.45, 7) is 3.25. The van der Waals surface area contributed by atoms with Crippen molar-refractivity contribution in [3.05, 3.63) is 23.9 Å². The van der Waals surface area contributed by atoms with E-state index in [1.807, 2.05) is 7.05 Å². The number of methoxy groups -OCH3 is 1. The van der Waals surface area contributed by atoms with Crippen molar-refractivity contribution >= 4 is 11.8 Å². The molecule has 2 heterocycles. The standard InChI is InChI=1S/C14H21N3O2/c1-16-7-5-11(9-16)10-17(2)13-8-12(4-6-15-13)14(18)19-3/h4,6,8,11H,5,7,9-10H2,1-3H3. The van der Waals surface area contributed by atoms with Crippen molar-refractivity contribution < 1.29 is 9.53 Å². The molecule has 0 radical (unpaired) electrons. The van der Waals surface area contributed by atoms with E-state index in [0.29, 0.717) is 11.5 Å². The zero-order valence-corrected chi connectivity index (χ0v) is 11.8. The van der Waals surface area contributed by atoms with Gasteiger partial charge in [-0.2, -0.15) is 0 Å². The Balaban J connectivity index is 2.02. The van der Waals surface area contributed by atoms with Gasteiger partial charge in [-0.1, -0.05) is 0 Å². The molecule has 0 aliphatic carbocycles. The van der Waals surface area contributed by atoms with Crippen LogP contribution in [0.5, 0.6) is 0 Å². The van der Waals surface area contributed by atoms with Crippen LogP contribution in [0.15, 0.2) is 18.3 Å². The molecular weight excluding hydrogens is 242 g/mol. The van der Waals surface area contributed by atoms with Gasteiger partial charge in [-0.3, -0.25) is 0 Å². The van der Waals surface area contributed by atoms with Gasteiger partial charge < -0.3 is 14.5 Å². The highest BCUT2D eigenvalue weighted by Crippen LogP contribution is 2.19. The Bertz CT molecular complexity index is 450. The van der Waals surface area contributed by atoms with E-state index in [-0.39, 0.29) is 5.97 Å². The number of carbonyl (C=O) groups excluding carboxylic acids is 1. The van der Waals surface area contributed by atoms with Crippen LogP contribution in [-0.2, 0) is 4.74 Å². The van der Waals surface area contributed by atoms with Crippen molar-refractivity contribution in [2.75, 3.05) is 45.7 Å². The van der Waals surface area contributed by atoms with Crippen molar-refractivity contribution in [3.8, 4) is 0 Å². The maximum atomic E-state index is 11.5. The molecule has 0 N–H and O–H groups in total. The Morgan fingerprint density at radius 1 is 1.63 bits per heavy atom. The highest BCUT2D eigenvalue weighted by Gasteiger charge is 2.21. The maximum absolute atomic E-state index is 11.5. The highest BCUT2D eigenvalue weighted by molar-refractivity contribution is 5.90. The van der Waals surface area contributed by atoms with Gasteiger partial charge in [0.2, 0.25) is 0 Å². The van der Waals surface area contributed by atoms with E-state index in [2.05, 4.69) is 21.8 Å². The minimum atomic E-state index is -0.322. The van der Waals surface area contributed by atoms with Gasteiger partial charge in [0.15, 0.2) is 0 Å². The third-order valence-corrected chi connectivity index (χ3v) is 3.58. The number of esters is 1. The highest BCUT2D eigenvalue weighted by atomic mass is 16.5. The van der Waals surface area contributed by atoms with Crippen LogP contribution in [0.1, 0.15) is 16.8 Å². The lowest BCUT2D eigenvalue weighted by molar-refractivity contribution is 0.0600. The van der Waals surface area contributed by atoms with E-state index in [1.54, 1.807) is 18.3 Å². The number of carbonyl (C=O) groups is 1. The Labute approximate surface area is 114 Å².